The van der Waals surface area contributed by atoms with Crippen LogP contribution in [-0.2, 0) is 68.7 Å². The van der Waals surface area contributed by atoms with Crippen molar-refractivity contribution in [2.75, 3.05) is 53.8 Å². The number of nitrogens with zero attached hydrogens (tertiary/aromatic N) is 3. The maximum Gasteiger partial charge on any atom is 0.410 e. The largest absolute Gasteiger partial charge is 0.466 e. The summed E-state index contributed by atoms with van der Waals surface area (Å²) >= 11 is 0. The normalized spacial score (nSPS) is 16.9. The summed E-state index contributed by atoms with van der Waals surface area (Å²) in [5.41, 5.74) is 1.63. The molecular formula is C66H103N9O15. The number of unbranched alkanes of at least 4 members (excludes halogenated alkanes) is 2. The van der Waals surface area contributed by atoms with Crippen molar-refractivity contribution < 1.29 is 72.0 Å². The lowest BCUT2D eigenvalue weighted by Gasteiger charge is -2.41. The number of ether oxygens (including phenoxy) is 4. The minimum absolute atomic E-state index is 0.0813. The van der Waals surface area contributed by atoms with Crippen molar-refractivity contribution in [3.63, 3.8) is 0 Å². The summed E-state index contributed by atoms with van der Waals surface area (Å²) in [5, 5.41) is 27.6. The Morgan fingerprint density at radius 1 is 0.700 bits per heavy atom. The van der Waals surface area contributed by atoms with Crippen molar-refractivity contribution in [3.05, 3.63) is 77.9 Å². The third-order valence-electron chi connectivity index (χ3n) is 16.6. The molecule has 2 aromatic carbocycles. The highest BCUT2D eigenvalue weighted by Gasteiger charge is 2.44. The zero-order valence-corrected chi connectivity index (χ0v) is 55.8. The van der Waals surface area contributed by atoms with Gasteiger partial charge in [0.25, 0.3) is 0 Å². The monoisotopic (exact) mass is 1260 g/mol. The van der Waals surface area contributed by atoms with Crippen LogP contribution in [0.15, 0.2) is 66.7 Å². The van der Waals surface area contributed by atoms with Gasteiger partial charge < -0.3 is 65.8 Å². The van der Waals surface area contributed by atoms with Crippen molar-refractivity contribution in [1.82, 2.24) is 41.3 Å². The maximum absolute atomic E-state index is 14.8. The molecule has 502 valence electrons. The number of carbonyl (C=O) groups excluding carboxylic acids is 10. The van der Waals surface area contributed by atoms with Crippen molar-refractivity contribution in [2.24, 2.45) is 29.6 Å². The number of anilines is 1. The summed E-state index contributed by atoms with van der Waals surface area (Å²) < 4.78 is 22.2. The highest BCUT2D eigenvalue weighted by Crippen LogP contribution is 2.30. The summed E-state index contributed by atoms with van der Waals surface area (Å²) in [6, 6.07) is 9.92. The molecule has 0 aromatic heterocycles. The highest BCUT2D eigenvalue weighted by atomic mass is 16.6. The van der Waals surface area contributed by atoms with E-state index in [0.717, 1.165) is 12.2 Å². The Hall–Kier alpha value is -7.44. The highest BCUT2D eigenvalue weighted by molar-refractivity contribution is 5.98. The Bertz CT molecular complexity index is 2690. The van der Waals surface area contributed by atoms with E-state index in [1.807, 2.05) is 45.9 Å². The molecule has 0 spiro atoms. The first-order valence-corrected chi connectivity index (χ1v) is 31.4. The van der Waals surface area contributed by atoms with Gasteiger partial charge >= 0.3 is 12.1 Å². The molecule has 24 heteroatoms. The number of amides is 9. The molecule has 1 saturated heterocycles. The SMILES string of the molecule is CC[C@H](C)[C@@H]([C@@H](CC(=O)N1CCC[C@H]1[C@H](OC)[C@@H](C)C(=O)N[C@H](C)[C@@H](O)c1ccccc1)OC)N(C)C(=O)[C@@H](NC(=O)[C@H](C(C)C)N(C)C(=O)OCc1ccc(NC(=O)[C@H](C)NC(=O)[C@@H](NC(=O)CCCCCNC(=O)/C=C/C(=O)OC)C(C)C)cc1)C(C)C. The second kappa shape index (κ2) is 38.3. The van der Waals surface area contributed by atoms with Gasteiger partial charge in [-0.15, -0.1) is 0 Å². The van der Waals surface area contributed by atoms with E-state index in [1.165, 1.54) is 40.2 Å². The van der Waals surface area contributed by atoms with Gasteiger partial charge in [-0.3, -0.25) is 43.3 Å². The van der Waals surface area contributed by atoms with Crippen LogP contribution in [-0.4, -0.2) is 182 Å². The first-order valence-electron chi connectivity index (χ1n) is 31.4. The van der Waals surface area contributed by atoms with Crippen LogP contribution >= 0.6 is 0 Å². The molecule has 0 bridgehead atoms. The van der Waals surface area contributed by atoms with Gasteiger partial charge in [0, 0.05) is 65.7 Å². The summed E-state index contributed by atoms with van der Waals surface area (Å²) in [6.07, 6.45) is 2.64. The van der Waals surface area contributed by atoms with E-state index >= 15 is 0 Å². The maximum atomic E-state index is 14.8. The minimum Gasteiger partial charge on any atom is -0.466 e. The van der Waals surface area contributed by atoms with Crippen molar-refractivity contribution >= 4 is 65.0 Å². The number of likely N-dealkylation sites (tertiary alicyclic amines) is 1. The molecule has 0 saturated carbocycles. The van der Waals surface area contributed by atoms with Gasteiger partial charge in [0.05, 0.1) is 55.9 Å². The van der Waals surface area contributed by atoms with Gasteiger partial charge in [-0.1, -0.05) is 118 Å². The molecule has 1 heterocycles. The van der Waals surface area contributed by atoms with E-state index in [0.29, 0.717) is 68.4 Å². The Labute approximate surface area is 532 Å². The van der Waals surface area contributed by atoms with Crippen LogP contribution in [0.5, 0.6) is 0 Å². The predicted octanol–water partition coefficient (Wildman–Crippen LogP) is 5.57. The van der Waals surface area contributed by atoms with Crippen LogP contribution in [0, 0.1) is 29.6 Å². The average Bonchev–Trinajstić information content (AvgIpc) is 1.47. The van der Waals surface area contributed by atoms with Gasteiger partial charge in [-0.25, -0.2) is 9.59 Å². The number of carbonyl (C=O) groups is 10. The lowest BCUT2D eigenvalue weighted by atomic mass is 9.89. The molecule has 0 radical (unpaired) electrons. The van der Waals surface area contributed by atoms with E-state index in [-0.39, 0.29) is 49.0 Å². The number of benzene rings is 2. The second-order valence-corrected chi connectivity index (χ2v) is 24.5. The van der Waals surface area contributed by atoms with Crippen LogP contribution in [0.3, 0.4) is 0 Å². The molecule has 3 rings (SSSR count). The molecule has 24 nitrogen and oxygen atoms in total. The van der Waals surface area contributed by atoms with Crippen molar-refractivity contribution in [2.45, 2.75) is 195 Å². The number of methoxy groups -OCH3 is 3. The Morgan fingerprint density at radius 2 is 1.34 bits per heavy atom. The van der Waals surface area contributed by atoms with Crippen LogP contribution in [0.2, 0.25) is 0 Å². The molecule has 0 aliphatic carbocycles. The molecule has 9 amide bonds. The first-order chi connectivity index (χ1) is 42.5. The lowest BCUT2D eigenvalue weighted by Crippen LogP contribution is -2.60. The predicted molar refractivity (Wildman–Crippen MR) is 341 cm³/mol. The number of nitrogens with one attached hydrogen (secondary N) is 6. The second-order valence-electron chi connectivity index (χ2n) is 24.5. The quantitative estimate of drug-likeness (QED) is 0.0249. The number of esters is 1. The fraction of sp³-hybridized carbons (Fsp3) is 0.636. The Kier molecular flexibility index (Phi) is 32.7. The number of likely N-dealkylation sites (N-methyl/N-ethyl adjacent to an activating group) is 2. The zero-order valence-electron chi connectivity index (χ0n) is 55.8. The van der Waals surface area contributed by atoms with E-state index in [9.17, 15) is 53.1 Å². The topological polar surface area (TPSA) is 310 Å². The summed E-state index contributed by atoms with van der Waals surface area (Å²) in [6.45, 7) is 20.3. The van der Waals surface area contributed by atoms with E-state index < -0.39 is 120 Å². The number of rotatable bonds is 36. The Balaban J connectivity index is 1.60. The van der Waals surface area contributed by atoms with E-state index in [1.54, 1.807) is 94.8 Å². The number of aliphatic hydroxyl groups is 1. The van der Waals surface area contributed by atoms with Crippen LogP contribution in [0.1, 0.15) is 145 Å². The fourth-order valence-electron chi connectivity index (χ4n) is 11.1. The van der Waals surface area contributed by atoms with Gasteiger partial charge in [0.1, 0.15) is 30.8 Å². The Morgan fingerprint density at radius 3 is 1.92 bits per heavy atom. The zero-order chi connectivity index (χ0) is 67.5. The standard InChI is InChI=1S/C66H103N9O15/c1-17-42(8)58(50(87-14)37-53(78)75-36-24-27-49(75)60(89-16)43(9)61(81)68-44(10)59(80)47-25-20-18-21-26-47)73(12)65(85)56(40(4)5)72-64(84)57(41(6)7)74(13)66(86)90-38-46-29-31-48(32-30-46)70-62(82)45(11)69-63(83)55(39(2)3)71-52(77)28-22-19-23-35-67-51(76)33-34-54(79)88-15/h18,20-21,25-26,29-34,39-45,49-50,55-60,80H,17,19,22-24,27-28,35-38H2,1-16H3,(H,67,76)(H,68,81)(H,69,83)(H,70,82)(H,71,77)(H,72,84)/b34-33+/t42-,43+,44+,45-,49-,50+,55-,56-,57-,58-,59+,60+/m0/s1. The lowest BCUT2D eigenvalue weighted by molar-refractivity contribution is -0.148. The van der Waals surface area contributed by atoms with Crippen molar-refractivity contribution in [1.29, 1.82) is 0 Å². The van der Waals surface area contributed by atoms with Crippen LogP contribution < -0.4 is 31.9 Å². The molecule has 7 N–H and O–H groups in total. The van der Waals surface area contributed by atoms with Crippen LogP contribution in [0.25, 0.3) is 0 Å². The van der Waals surface area contributed by atoms with Gasteiger partial charge in [0.2, 0.25) is 47.3 Å². The number of hydrogen-bond acceptors (Lipinski definition) is 15. The molecule has 1 aliphatic heterocycles. The number of hydrogen-bond donors (Lipinski definition) is 7. The average molecular weight is 1260 g/mol. The molecule has 2 aromatic rings. The summed E-state index contributed by atoms with van der Waals surface area (Å²) in [7, 11) is 7.32. The van der Waals surface area contributed by atoms with E-state index in [2.05, 4.69) is 36.6 Å². The summed E-state index contributed by atoms with van der Waals surface area (Å²) in [4.78, 5) is 138. The van der Waals surface area contributed by atoms with Crippen LogP contribution in [0.4, 0.5) is 10.5 Å². The minimum atomic E-state index is -1.06. The third-order valence-corrected chi connectivity index (χ3v) is 16.6. The van der Waals surface area contributed by atoms with E-state index in [4.69, 9.17) is 14.2 Å². The number of aliphatic hydroxyl groups excluding tert-OH is 1. The molecular weight excluding hydrogens is 1160 g/mol. The smallest absolute Gasteiger partial charge is 0.410 e. The van der Waals surface area contributed by atoms with Crippen molar-refractivity contribution in [3.8, 4) is 0 Å². The molecule has 12 atom stereocenters. The van der Waals surface area contributed by atoms with Gasteiger partial charge in [-0.05, 0) is 86.5 Å². The fourth-order valence-corrected chi connectivity index (χ4v) is 11.1. The molecule has 1 fully saturated rings. The van der Waals surface area contributed by atoms with Gasteiger partial charge in [-0.2, -0.15) is 0 Å². The third kappa shape index (κ3) is 23.4. The first kappa shape index (κ1) is 76.8. The van der Waals surface area contributed by atoms with Gasteiger partial charge in [0.15, 0.2) is 0 Å². The molecule has 90 heavy (non-hydrogen) atoms. The molecule has 0 unspecified atom stereocenters. The molecule has 1 aliphatic rings. The summed E-state index contributed by atoms with van der Waals surface area (Å²) in [5.74, 6) is -5.98.